The second-order valence-electron chi connectivity index (χ2n) is 5.07. The maximum Gasteiger partial charge on any atom is 0.416 e. The smallest absolute Gasteiger partial charge is 0.306 e. The number of alkyl halides is 3. The number of benzene rings is 2. The largest absolute Gasteiger partial charge is 0.416 e. The van der Waals surface area contributed by atoms with E-state index in [1.165, 1.54) is 12.1 Å². The van der Waals surface area contributed by atoms with E-state index in [2.05, 4.69) is 5.32 Å². The minimum atomic E-state index is -4.58. The quantitative estimate of drug-likeness (QED) is 0.822. The first kappa shape index (κ1) is 19.1. The van der Waals surface area contributed by atoms with Crippen LogP contribution in [0.15, 0.2) is 47.4 Å². The molecule has 0 atom stereocenters. The highest BCUT2D eigenvalue weighted by Gasteiger charge is 2.31. The third-order valence-electron chi connectivity index (χ3n) is 3.10. The molecule has 0 saturated carbocycles. The van der Waals surface area contributed by atoms with E-state index in [1.807, 2.05) is 0 Å². The Hall–Kier alpha value is -2.26. The molecule has 2 amide bonds. The van der Waals surface area contributed by atoms with Gasteiger partial charge in [0.05, 0.1) is 21.2 Å². The Bertz CT molecular complexity index is 897. The van der Waals surface area contributed by atoms with Crippen molar-refractivity contribution in [3.8, 4) is 0 Å². The van der Waals surface area contributed by atoms with Crippen molar-refractivity contribution < 1.29 is 26.4 Å². The van der Waals surface area contributed by atoms with Crippen LogP contribution < -0.4 is 10.0 Å². The Balaban J connectivity index is 2.13. The standard InChI is InChI=1S/C15H12ClF3N2O3S/c1-9-2-5-11(6-3-9)25(23,24)21-14(22)20-13-7-4-10(8-12(13)16)15(17,18)19/h2-8H,1H3,(H2,20,21,22). The zero-order valence-electron chi connectivity index (χ0n) is 12.7. The Morgan fingerprint density at radius 1 is 1.08 bits per heavy atom. The van der Waals surface area contributed by atoms with Gasteiger partial charge in [0, 0.05) is 0 Å². The molecule has 0 aliphatic carbocycles. The van der Waals surface area contributed by atoms with Crippen LogP contribution in [0.1, 0.15) is 11.1 Å². The fraction of sp³-hybridized carbons (Fsp3) is 0.133. The summed E-state index contributed by atoms with van der Waals surface area (Å²) in [6.45, 7) is 1.77. The monoisotopic (exact) mass is 392 g/mol. The van der Waals surface area contributed by atoms with Gasteiger partial charge in [0.15, 0.2) is 0 Å². The minimum absolute atomic E-state index is 0.133. The van der Waals surface area contributed by atoms with E-state index in [0.717, 1.165) is 17.7 Å². The van der Waals surface area contributed by atoms with E-state index in [9.17, 15) is 26.4 Å². The van der Waals surface area contributed by atoms with E-state index in [4.69, 9.17) is 11.6 Å². The fourth-order valence-electron chi connectivity index (χ4n) is 1.84. The van der Waals surface area contributed by atoms with Crippen molar-refractivity contribution >= 4 is 33.3 Å². The fourth-order valence-corrected chi connectivity index (χ4v) is 2.97. The van der Waals surface area contributed by atoms with E-state index >= 15 is 0 Å². The molecular formula is C15H12ClF3N2O3S. The second-order valence-corrected chi connectivity index (χ2v) is 7.15. The Labute approximate surface area is 146 Å². The first-order chi connectivity index (χ1) is 11.5. The molecule has 0 aliphatic rings. The van der Waals surface area contributed by atoms with Crippen molar-refractivity contribution in [2.24, 2.45) is 0 Å². The first-order valence-electron chi connectivity index (χ1n) is 6.76. The number of nitrogens with one attached hydrogen (secondary N) is 2. The van der Waals surface area contributed by atoms with E-state index in [0.29, 0.717) is 6.07 Å². The number of hydrogen-bond acceptors (Lipinski definition) is 3. The predicted molar refractivity (Wildman–Crippen MR) is 87.0 cm³/mol. The highest BCUT2D eigenvalue weighted by molar-refractivity contribution is 7.90. The lowest BCUT2D eigenvalue weighted by atomic mass is 10.2. The van der Waals surface area contributed by atoms with Gasteiger partial charge < -0.3 is 5.32 Å². The lowest BCUT2D eigenvalue weighted by Crippen LogP contribution is -2.34. The van der Waals surface area contributed by atoms with Gasteiger partial charge in [-0.2, -0.15) is 13.2 Å². The van der Waals surface area contributed by atoms with Crippen LogP contribution in [0.2, 0.25) is 5.02 Å². The van der Waals surface area contributed by atoms with Gasteiger partial charge in [-0.1, -0.05) is 29.3 Å². The summed E-state index contributed by atoms with van der Waals surface area (Å²) < 4.78 is 63.6. The summed E-state index contributed by atoms with van der Waals surface area (Å²) in [5, 5.41) is 1.72. The average Bonchev–Trinajstić information content (AvgIpc) is 2.48. The maximum atomic E-state index is 12.6. The Morgan fingerprint density at radius 2 is 1.68 bits per heavy atom. The van der Waals surface area contributed by atoms with Gasteiger partial charge in [-0.05, 0) is 37.3 Å². The lowest BCUT2D eigenvalue weighted by Gasteiger charge is -2.12. The summed E-state index contributed by atoms with van der Waals surface area (Å²) in [7, 11) is -4.13. The molecule has 0 unspecified atom stereocenters. The molecule has 10 heteroatoms. The maximum absolute atomic E-state index is 12.6. The molecule has 0 fully saturated rings. The molecule has 0 heterocycles. The van der Waals surface area contributed by atoms with Crippen molar-refractivity contribution in [2.75, 3.05) is 5.32 Å². The highest BCUT2D eigenvalue weighted by atomic mass is 35.5. The topological polar surface area (TPSA) is 75.3 Å². The van der Waals surface area contributed by atoms with Gasteiger partial charge >= 0.3 is 12.2 Å². The number of hydrogen-bond donors (Lipinski definition) is 2. The van der Waals surface area contributed by atoms with Crippen LogP contribution in [-0.2, 0) is 16.2 Å². The number of aryl methyl sites for hydroxylation is 1. The summed E-state index contributed by atoms with van der Waals surface area (Å²) in [4.78, 5) is 11.7. The number of sulfonamides is 1. The van der Waals surface area contributed by atoms with Crippen molar-refractivity contribution in [3.05, 3.63) is 58.6 Å². The molecule has 134 valence electrons. The zero-order valence-corrected chi connectivity index (χ0v) is 14.3. The van der Waals surface area contributed by atoms with E-state index in [1.54, 1.807) is 23.8 Å². The van der Waals surface area contributed by atoms with Crippen molar-refractivity contribution in [1.29, 1.82) is 0 Å². The van der Waals surface area contributed by atoms with Crippen LogP contribution in [0.5, 0.6) is 0 Å². The molecule has 2 rings (SSSR count). The number of rotatable bonds is 3. The van der Waals surface area contributed by atoms with Crippen LogP contribution in [0.4, 0.5) is 23.7 Å². The van der Waals surface area contributed by atoms with Gasteiger partial charge in [-0.25, -0.2) is 17.9 Å². The molecule has 2 N–H and O–H groups in total. The number of amides is 2. The van der Waals surface area contributed by atoms with Crippen molar-refractivity contribution in [1.82, 2.24) is 4.72 Å². The summed E-state index contributed by atoms with van der Waals surface area (Å²) in [5.74, 6) is 0. The minimum Gasteiger partial charge on any atom is -0.306 e. The first-order valence-corrected chi connectivity index (χ1v) is 8.62. The molecule has 0 spiro atoms. The normalized spacial score (nSPS) is 11.9. The van der Waals surface area contributed by atoms with Gasteiger partial charge in [0.25, 0.3) is 10.0 Å². The third kappa shape index (κ3) is 4.86. The molecule has 5 nitrogen and oxygen atoms in total. The van der Waals surface area contributed by atoms with Crippen molar-refractivity contribution in [3.63, 3.8) is 0 Å². The molecule has 0 aliphatic heterocycles. The third-order valence-corrected chi connectivity index (χ3v) is 4.76. The average molecular weight is 393 g/mol. The molecule has 0 aromatic heterocycles. The van der Waals surface area contributed by atoms with Crippen LogP contribution >= 0.6 is 11.6 Å². The molecular weight excluding hydrogens is 381 g/mol. The number of anilines is 1. The summed E-state index contributed by atoms with van der Waals surface area (Å²) in [6, 6.07) is 6.87. The molecule has 0 radical (unpaired) electrons. The Kier molecular flexibility index (Phi) is 5.28. The number of carbonyl (C=O) groups is 1. The van der Waals surface area contributed by atoms with Gasteiger partial charge in [-0.3, -0.25) is 0 Å². The van der Waals surface area contributed by atoms with E-state index in [-0.39, 0.29) is 15.6 Å². The van der Waals surface area contributed by atoms with Crippen molar-refractivity contribution in [2.45, 2.75) is 18.0 Å². The highest BCUT2D eigenvalue weighted by Crippen LogP contribution is 2.33. The molecule has 2 aromatic rings. The van der Waals surface area contributed by atoms with Crippen LogP contribution in [-0.4, -0.2) is 14.4 Å². The second kappa shape index (κ2) is 6.93. The van der Waals surface area contributed by atoms with Crippen LogP contribution in [0.25, 0.3) is 0 Å². The van der Waals surface area contributed by atoms with Crippen LogP contribution in [0, 0.1) is 6.92 Å². The van der Waals surface area contributed by atoms with E-state index < -0.39 is 27.8 Å². The molecule has 0 saturated heterocycles. The number of carbonyl (C=O) groups excluding carboxylic acids is 1. The molecule has 2 aromatic carbocycles. The summed E-state index contributed by atoms with van der Waals surface area (Å²) >= 11 is 5.69. The number of urea groups is 1. The van der Waals surface area contributed by atoms with Gasteiger partial charge in [0.1, 0.15) is 0 Å². The zero-order chi connectivity index (χ0) is 18.8. The predicted octanol–water partition coefficient (Wildman–Crippen LogP) is 4.18. The molecule has 25 heavy (non-hydrogen) atoms. The lowest BCUT2D eigenvalue weighted by molar-refractivity contribution is -0.137. The summed E-state index contributed by atoms with van der Waals surface area (Å²) in [6.07, 6.45) is -4.58. The Morgan fingerprint density at radius 3 is 2.20 bits per heavy atom. The SMILES string of the molecule is Cc1ccc(S(=O)(=O)NC(=O)Nc2ccc(C(F)(F)F)cc2Cl)cc1. The molecule has 0 bridgehead atoms. The van der Waals surface area contributed by atoms with Gasteiger partial charge in [0.2, 0.25) is 0 Å². The van der Waals surface area contributed by atoms with Gasteiger partial charge in [-0.15, -0.1) is 0 Å². The number of halogens is 4. The van der Waals surface area contributed by atoms with Crippen LogP contribution in [0.3, 0.4) is 0 Å². The summed E-state index contributed by atoms with van der Waals surface area (Å²) in [5.41, 5.74) is -0.318.